The lowest BCUT2D eigenvalue weighted by atomic mass is 9.62. The Labute approximate surface area is 161 Å². The molecule has 1 aromatic rings. The summed E-state index contributed by atoms with van der Waals surface area (Å²) in [5.74, 6) is 2.81. The molecule has 0 atom stereocenters. The summed E-state index contributed by atoms with van der Waals surface area (Å²) in [6, 6.07) is 11.7. The lowest BCUT2D eigenvalue weighted by Crippen LogP contribution is -2.33. The summed E-state index contributed by atoms with van der Waals surface area (Å²) in [4.78, 5) is 0. The lowest BCUT2D eigenvalue weighted by molar-refractivity contribution is 0.144. The molecule has 26 heavy (non-hydrogen) atoms. The van der Waals surface area contributed by atoms with E-state index in [2.05, 4.69) is 44.2 Å². The van der Waals surface area contributed by atoms with Crippen molar-refractivity contribution in [1.29, 1.82) is 5.26 Å². The number of nitrogens with zero attached hydrogens (tertiary/aromatic N) is 1. The molecule has 0 unspecified atom stereocenters. The minimum Gasteiger partial charge on any atom is -0.197 e. The molecular weight excluding hydrogens is 314 g/mol. The van der Waals surface area contributed by atoms with Crippen LogP contribution in [-0.4, -0.2) is 0 Å². The number of hydrogen-bond acceptors (Lipinski definition) is 1. The van der Waals surface area contributed by atoms with E-state index in [1.807, 2.05) is 0 Å². The summed E-state index contributed by atoms with van der Waals surface area (Å²) in [5.41, 5.74) is 2.45. The molecule has 1 heteroatoms. The van der Waals surface area contributed by atoms with Gasteiger partial charge in [0.2, 0.25) is 0 Å². The monoisotopic (exact) mass is 351 g/mol. The van der Waals surface area contributed by atoms with Gasteiger partial charge in [0.25, 0.3) is 0 Å². The van der Waals surface area contributed by atoms with Crippen molar-refractivity contribution in [2.45, 2.75) is 96.3 Å². The maximum Gasteiger partial charge on any atom is 0.0822 e. The molecule has 0 amide bonds. The van der Waals surface area contributed by atoms with Crippen LogP contribution >= 0.6 is 0 Å². The third-order valence-corrected chi connectivity index (χ3v) is 7.40. The molecule has 0 aromatic heterocycles. The normalized spacial score (nSPS) is 32.1. The van der Waals surface area contributed by atoms with Crippen molar-refractivity contribution in [3.8, 4) is 6.07 Å². The van der Waals surface area contributed by atoms with Crippen molar-refractivity contribution in [1.82, 2.24) is 0 Å². The van der Waals surface area contributed by atoms with Gasteiger partial charge in [-0.2, -0.15) is 5.26 Å². The Balaban J connectivity index is 1.58. The van der Waals surface area contributed by atoms with Crippen LogP contribution in [0.3, 0.4) is 0 Å². The van der Waals surface area contributed by atoms with Crippen molar-refractivity contribution < 1.29 is 0 Å². The maximum atomic E-state index is 10.0. The Bertz CT molecular complexity index is 578. The minimum atomic E-state index is -0.222. The van der Waals surface area contributed by atoms with E-state index < -0.39 is 0 Å². The van der Waals surface area contributed by atoms with Gasteiger partial charge in [-0.25, -0.2) is 0 Å². The van der Waals surface area contributed by atoms with Crippen LogP contribution in [0.5, 0.6) is 0 Å². The molecule has 0 bridgehead atoms. The van der Waals surface area contributed by atoms with Gasteiger partial charge >= 0.3 is 0 Å². The number of aryl methyl sites for hydroxylation is 1. The standard InChI is InChI=1S/C25H37N/c1-3-5-20-7-11-22(12-8-20)23-15-17-25(19-26,18-16-23)24-13-9-21(6-4-2)10-14-24/h9-10,13-14,20,22-23H,3-8,11-12,15-18H2,1-2H3/t20?,22?,23-,25-. The van der Waals surface area contributed by atoms with Crippen LogP contribution in [0.4, 0.5) is 0 Å². The smallest absolute Gasteiger partial charge is 0.0822 e. The highest BCUT2D eigenvalue weighted by atomic mass is 14.5. The van der Waals surface area contributed by atoms with Gasteiger partial charge < -0.3 is 0 Å². The summed E-state index contributed by atoms with van der Waals surface area (Å²) in [6.07, 6.45) is 15.6. The van der Waals surface area contributed by atoms with Gasteiger partial charge in [-0.1, -0.05) is 70.2 Å². The van der Waals surface area contributed by atoms with Gasteiger partial charge in [-0.05, 0) is 73.8 Å². The molecule has 0 radical (unpaired) electrons. The van der Waals surface area contributed by atoms with Gasteiger partial charge in [0.05, 0.1) is 11.5 Å². The largest absolute Gasteiger partial charge is 0.197 e. The zero-order chi connectivity index (χ0) is 18.4. The highest BCUT2D eigenvalue weighted by Crippen LogP contribution is 2.47. The molecular formula is C25H37N. The molecule has 2 saturated carbocycles. The van der Waals surface area contributed by atoms with Crippen molar-refractivity contribution in [3.63, 3.8) is 0 Å². The fourth-order valence-electron chi connectivity index (χ4n) is 5.71. The zero-order valence-electron chi connectivity index (χ0n) is 17.0. The van der Waals surface area contributed by atoms with E-state index >= 15 is 0 Å². The fourth-order valence-corrected chi connectivity index (χ4v) is 5.71. The van der Waals surface area contributed by atoms with Gasteiger partial charge in [0, 0.05) is 0 Å². The molecule has 0 aliphatic heterocycles. The van der Waals surface area contributed by atoms with Crippen molar-refractivity contribution in [2.24, 2.45) is 17.8 Å². The number of nitriles is 1. The molecule has 0 heterocycles. The second kappa shape index (κ2) is 9.07. The zero-order valence-corrected chi connectivity index (χ0v) is 17.0. The second-order valence-corrected chi connectivity index (χ2v) is 9.05. The molecule has 2 fully saturated rings. The highest BCUT2D eigenvalue weighted by Gasteiger charge is 2.39. The van der Waals surface area contributed by atoms with E-state index in [9.17, 15) is 5.26 Å². The van der Waals surface area contributed by atoms with E-state index in [0.717, 1.165) is 37.0 Å². The van der Waals surface area contributed by atoms with Crippen LogP contribution in [-0.2, 0) is 11.8 Å². The minimum absolute atomic E-state index is 0.222. The van der Waals surface area contributed by atoms with Crippen LogP contribution < -0.4 is 0 Å². The average molecular weight is 352 g/mol. The Morgan fingerprint density at radius 3 is 2.04 bits per heavy atom. The first-order valence-electron chi connectivity index (χ1n) is 11.2. The average Bonchev–Trinajstić information content (AvgIpc) is 2.70. The summed E-state index contributed by atoms with van der Waals surface area (Å²) in [7, 11) is 0. The SMILES string of the molecule is CCCc1ccc([C@]2(C#N)CC[C@@H](C3CCC(CCC)CC3)CC2)cc1. The van der Waals surface area contributed by atoms with E-state index in [-0.39, 0.29) is 5.41 Å². The summed E-state index contributed by atoms with van der Waals surface area (Å²) < 4.78 is 0. The summed E-state index contributed by atoms with van der Waals surface area (Å²) in [5, 5.41) is 10.0. The van der Waals surface area contributed by atoms with Crippen molar-refractivity contribution >= 4 is 0 Å². The Hall–Kier alpha value is -1.29. The predicted octanol–water partition coefficient (Wildman–Crippen LogP) is 7.20. The molecule has 2 aliphatic carbocycles. The van der Waals surface area contributed by atoms with Crippen LogP contribution in [0, 0.1) is 29.1 Å². The van der Waals surface area contributed by atoms with Gasteiger partial charge in [0.1, 0.15) is 0 Å². The lowest BCUT2D eigenvalue weighted by Gasteiger charge is -2.41. The first-order chi connectivity index (χ1) is 12.7. The maximum absolute atomic E-state index is 10.0. The Kier molecular flexibility index (Phi) is 6.80. The molecule has 1 aromatic carbocycles. The molecule has 3 rings (SSSR count). The number of benzene rings is 1. The molecule has 0 saturated heterocycles. The third-order valence-electron chi connectivity index (χ3n) is 7.40. The van der Waals surface area contributed by atoms with Gasteiger partial charge in [0.15, 0.2) is 0 Å². The van der Waals surface area contributed by atoms with Crippen molar-refractivity contribution in [2.75, 3.05) is 0 Å². The third kappa shape index (κ3) is 4.33. The van der Waals surface area contributed by atoms with Crippen LogP contribution in [0.25, 0.3) is 0 Å². The number of hydrogen-bond donors (Lipinski definition) is 0. The van der Waals surface area contributed by atoms with Crippen molar-refractivity contribution in [3.05, 3.63) is 35.4 Å². The summed E-state index contributed by atoms with van der Waals surface area (Å²) >= 11 is 0. The van der Waals surface area contributed by atoms with Gasteiger partial charge in [-0.3, -0.25) is 0 Å². The Morgan fingerprint density at radius 1 is 0.885 bits per heavy atom. The predicted molar refractivity (Wildman–Crippen MR) is 110 cm³/mol. The van der Waals surface area contributed by atoms with E-state index in [0.29, 0.717) is 0 Å². The topological polar surface area (TPSA) is 23.8 Å². The Morgan fingerprint density at radius 2 is 1.50 bits per heavy atom. The molecule has 2 aliphatic rings. The first-order valence-corrected chi connectivity index (χ1v) is 11.2. The number of rotatable bonds is 6. The molecule has 1 nitrogen and oxygen atoms in total. The second-order valence-electron chi connectivity index (χ2n) is 9.05. The quantitative estimate of drug-likeness (QED) is 0.531. The fraction of sp³-hybridized carbons (Fsp3) is 0.720. The van der Waals surface area contributed by atoms with Crippen LogP contribution in [0.1, 0.15) is 95.6 Å². The van der Waals surface area contributed by atoms with Crippen LogP contribution in [0.15, 0.2) is 24.3 Å². The van der Waals surface area contributed by atoms with Gasteiger partial charge in [-0.15, -0.1) is 0 Å². The van der Waals surface area contributed by atoms with E-state index in [4.69, 9.17) is 0 Å². The van der Waals surface area contributed by atoms with E-state index in [1.165, 1.54) is 68.9 Å². The summed E-state index contributed by atoms with van der Waals surface area (Å²) in [6.45, 7) is 4.55. The molecule has 0 spiro atoms. The highest BCUT2D eigenvalue weighted by molar-refractivity contribution is 5.35. The van der Waals surface area contributed by atoms with Crippen LogP contribution in [0.2, 0.25) is 0 Å². The molecule has 142 valence electrons. The first kappa shape index (κ1) is 19.5. The molecule has 0 N–H and O–H groups in total. The van der Waals surface area contributed by atoms with E-state index in [1.54, 1.807) is 0 Å².